The highest BCUT2D eigenvalue weighted by molar-refractivity contribution is 7.86. The zero-order chi connectivity index (χ0) is 12.5. The lowest BCUT2D eigenvalue weighted by atomic mass is 10.0. The maximum absolute atomic E-state index is 12.4. The quantitative estimate of drug-likeness (QED) is 0.793. The van der Waals surface area contributed by atoms with E-state index in [-0.39, 0.29) is 0 Å². The summed E-state index contributed by atoms with van der Waals surface area (Å²) in [6, 6.07) is 0.312. The summed E-state index contributed by atoms with van der Waals surface area (Å²) in [7, 11) is -1.32. The number of nitrogens with zero attached hydrogens (tertiary/aromatic N) is 2. The SMILES string of the molecule is CNC1CCN(S(=O)(=O)N2CCCC(C)C2)C1. The molecule has 0 spiro atoms. The van der Waals surface area contributed by atoms with Crippen LogP contribution >= 0.6 is 0 Å². The van der Waals surface area contributed by atoms with E-state index in [0.717, 1.165) is 19.3 Å². The fourth-order valence-electron chi connectivity index (χ4n) is 2.69. The van der Waals surface area contributed by atoms with Gasteiger partial charge in [-0.15, -0.1) is 0 Å². The molecule has 2 saturated heterocycles. The molecule has 0 saturated carbocycles. The minimum absolute atomic E-state index is 0.312. The first-order chi connectivity index (χ1) is 8.04. The van der Waals surface area contributed by atoms with Crippen LogP contribution in [-0.4, -0.2) is 56.3 Å². The summed E-state index contributed by atoms with van der Waals surface area (Å²) >= 11 is 0. The second-order valence-electron chi connectivity index (χ2n) is 5.25. The van der Waals surface area contributed by atoms with E-state index in [2.05, 4.69) is 12.2 Å². The number of piperidine rings is 1. The molecule has 2 atom stereocenters. The topological polar surface area (TPSA) is 52.7 Å². The van der Waals surface area contributed by atoms with Gasteiger partial charge < -0.3 is 5.32 Å². The maximum atomic E-state index is 12.4. The van der Waals surface area contributed by atoms with Gasteiger partial charge in [0.1, 0.15) is 0 Å². The standard InChI is InChI=1S/C11H23N3O2S/c1-10-4-3-6-13(8-10)17(15,16)14-7-5-11(9-14)12-2/h10-12H,3-9H2,1-2H3. The van der Waals surface area contributed by atoms with E-state index in [1.54, 1.807) is 8.61 Å². The first kappa shape index (κ1) is 13.3. The summed E-state index contributed by atoms with van der Waals surface area (Å²) in [4.78, 5) is 0. The van der Waals surface area contributed by atoms with Crippen molar-refractivity contribution in [2.24, 2.45) is 5.92 Å². The molecule has 0 bridgehead atoms. The van der Waals surface area contributed by atoms with Gasteiger partial charge in [0.05, 0.1) is 0 Å². The van der Waals surface area contributed by atoms with E-state index in [4.69, 9.17) is 0 Å². The predicted octanol–water partition coefficient (Wildman–Crippen LogP) is 0.257. The number of rotatable bonds is 3. The second-order valence-corrected chi connectivity index (χ2v) is 7.17. The molecule has 100 valence electrons. The molecule has 5 nitrogen and oxygen atoms in total. The van der Waals surface area contributed by atoms with Crippen molar-refractivity contribution in [3.05, 3.63) is 0 Å². The molecule has 2 aliphatic heterocycles. The minimum atomic E-state index is -3.21. The Morgan fingerprint density at radius 1 is 1.12 bits per heavy atom. The van der Waals surface area contributed by atoms with E-state index >= 15 is 0 Å². The number of nitrogens with one attached hydrogen (secondary N) is 1. The average Bonchev–Trinajstić information content (AvgIpc) is 2.78. The van der Waals surface area contributed by atoms with E-state index in [0.29, 0.717) is 38.1 Å². The third kappa shape index (κ3) is 2.81. The van der Waals surface area contributed by atoms with Crippen LogP contribution in [0.5, 0.6) is 0 Å². The number of hydrogen-bond donors (Lipinski definition) is 1. The molecule has 0 aromatic rings. The maximum Gasteiger partial charge on any atom is 0.282 e. The van der Waals surface area contributed by atoms with Crippen LogP contribution < -0.4 is 5.32 Å². The molecule has 2 aliphatic rings. The van der Waals surface area contributed by atoms with Crippen molar-refractivity contribution < 1.29 is 8.42 Å². The lowest BCUT2D eigenvalue weighted by molar-refractivity contribution is 0.263. The van der Waals surface area contributed by atoms with Crippen molar-refractivity contribution >= 4 is 10.2 Å². The minimum Gasteiger partial charge on any atom is -0.316 e. The Hall–Kier alpha value is -0.170. The first-order valence-corrected chi connectivity index (χ1v) is 7.86. The molecule has 0 radical (unpaired) electrons. The van der Waals surface area contributed by atoms with Crippen molar-refractivity contribution in [3.8, 4) is 0 Å². The summed E-state index contributed by atoms with van der Waals surface area (Å²) in [5.74, 6) is 0.487. The highest BCUT2D eigenvalue weighted by atomic mass is 32.2. The van der Waals surface area contributed by atoms with E-state index < -0.39 is 10.2 Å². The van der Waals surface area contributed by atoms with Crippen molar-refractivity contribution in [3.63, 3.8) is 0 Å². The fraction of sp³-hybridized carbons (Fsp3) is 1.00. The van der Waals surface area contributed by atoms with Gasteiger partial charge in [-0.3, -0.25) is 0 Å². The van der Waals surface area contributed by atoms with E-state index in [1.807, 2.05) is 7.05 Å². The summed E-state index contributed by atoms with van der Waals surface area (Å²) in [6.07, 6.45) is 3.05. The Labute approximate surface area is 104 Å². The van der Waals surface area contributed by atoms with Crippen LogP contribution in [0, 0.1) is 5.92 Å². The molecule has 0 aromatic heterocycles. The van der Waals surface area contributed by atoms with Crippen molar-refractivity contribution in [2.45, 2.75) is 32.2 Å². The van der Waals surface area contributed by atoms with Gasteiger partial charge in [0, 0.05) is 32.2 Å². The molecular formula is C11H23N3O2S. The summed E-state index contributed by atoms with van der Waals surface area (Å²) in [5, 5.41) is 3.15. The van der Waals surface area contributed by atoms with Crippen molar-refractivity contribution in [2.75, 3.05) is 33.2 Å². The molecule has 0 amide bonds. The zero-order valence-corrected chi connectivity index (χ0v) is 11.5. The molecule has 17 heavy (non-hydrogen) atoms. The Balaban J connectivity index is 2.03. The Kier molecular flexibility index (Phi) is 4.07. The third-order valence-electron chi connectivity index (χ3n) is 3.83. The number of likely N-dealkylation sites (N-methyl/N-ethyl adjacent to an activating group) is 1. The normalized spacial score (nSPS) is 33.1. The molecule has 1 N–H and O–H groups in total. The van der Waals surface area contributed by atoms with Crippen LogP contribution in [0.4, 0.5) is 0 Å². The second kappa shape index (κ2) is 5.22. The molecule has 6 heteroatoms. The summed E-state index contributed by atoms with van der Waals surface area (Å²) in [5.41, 5.74) is 0. The van der Waals surface area contributed by atoms with Crippen LogP contribution in [0.2, 0.25) is 0 Å². The van der Waals surface area contributed by atoms with Crippen LogP contribution in [0.1, 0.15) is 26.2 Å². The molecule has 2 heterocycles. The van der Waals surface area contributed by atoms with Gasteiger partial charge in [-0.25, -0.2) is 0 Å². The van der Waals surface area contributed by atoms with Gasteiger partial charge in [-0.2, -0.15) is 17.0 Å². The largest absolute Gasteiger partial charge is 0.316 e. The van der Waals surface area contributed by atoms with Crippen LogP contribution in [0.15, 0.2) is 0 Å². The zero-order valence-electron chi connectivity index (χ0n) is 10.7. The van der Waals surface area contributed by atoms with Crippen LogP contribution in [0.3, 0.4) is 0 Å². The third-order valence-corrected chi connectivity index (χ3v) is 5.80. The van der Waals surface area contributed by atoms with Gasteiger partial charge in [0.15, 0.2) is 0 Å². The van der Waals surface area contributed by atoms with Gasteiger partial charge in [0.25, 0.3) is 10.2 Å². The smallest absolute Gasteiger partial charge is 0.282 e. The molecule has 0 aromatic carbocycles. The molecule has 2 unspecified atom stereocenters. The molecular weight excluding hydrogens is 238 g/mol. The summed E-state index contributed by atoms with van der Waals surface area (Å²) < 4.78 is 28.1. The fourth-order valence-corrected chi connectivity index (χ4v) is 4.53. The van der Waals surface area contributed by atoms with Crippen LogP contribution in [-0.2, 0) is 10.2 Å². The Bertz CT molecular complexity index is 358. The van der Waals surface area contributed by atoms with Gasteiger partial charge in [-0.05, 0) is 32.2 Å². The number of hydrogen-bond acceptors (Lipinski definition) is 3. The van der Waals surface area contributed by atoms with Gasteiger partial charge in [-0.1, -0.05) is 6.92 Å². The highest BCUT2D eigenvalue weighted by Crippen LogP contribution is 2.23. The lowest BCUT2D eigenvalue weighted by Crippen LogP contribution is -2.47. The Morgan fingerprint density at radius 3 is 2.41 bits per heavy atom. The van der Waals surface area contributed by atoms with Gasteiger partial charge in [0.2, 0.25) is 0 Å². The lowest BCUT2D eigenvalue weighted by Gasteiger charge is -2.33. The van der Waals surface area contributed by atoms with Crippen LogP contribution in [0.25, 0.3) is 0 Å². The average molecular weight is 261 g/mol. The van der Waals surface area contributed by atoms with Crippen molar-refractivity contribution in [1.29, 1.82) is 0 Å². The summed E-state index contributed by atoms with van der Waals surface area (Å²) in [6.45, 7) is 4.76. The Morgan fingerprint density at radius 2 is 1.82 bits per heavy atom. The molecule has 0 aliphatic carbocycles. The predicted molar refractivity (Wildman–Crippen MR) is 67.9 cm³/mol. The molecule has 2 fully saturated rings. The monoisotopic (exact) mass is 261 g/mol. The van der Waals surface area contributed by atoms with Crippen molar-refractivity contribution in [1.82, 2.24) is 13.9 Å². The van der Waals surface area contributed by atoms with E-state index in [1.165, 1.54) is 0 Å². The van der Waals surface area contributed by atoms with E-state index in [9.17, 15) is 8.42 Å². The van der Waals surface area contributed by atoms with Gasteiger partial charge >= 0.3 is 0 Å². The first-order valence-electron chi connectivity index (χ1n) is 6.46. The highest BCUT2D eigenvalue weighted by Gasteiger charge is 2.36. The molecule has 2 rings (SSSR count).